The molecule has 0 aliphatic rings. The maximum Gasteiger partial charge on any atom is 0.339 e. The summed E-state index contributed by atoms with van der Waals surface area (Å²) in [6, 6.07) is 2.22. The van der Waals surface area contributed by atoms with Gasteiger partial charge in [0.2, 0.25) is 0 Å². The number of hydrazine groups is 1. The maximum atomic E-state index is 13.2. The average Bonchev–Trinajstić information content (AvgIpc) is 2.16. The SMILES string of the molecule is CC(C)OC(=O)c1cc(NN)c(F)cc1Cl. The molecule has 0 spiro atoms. The maximum absolute atomic E-state index is 13.2. The number of nitrogens with two attached hydrogens (primary N) is 1. The Balaban J connectivity index is 3.08. The topological polar surface area (TPSA) is 64.3 Å². The van der Waals surface area contributed by atoms with Gasteiger partial charge >= 0.3 is 5.97 Å². The summed E-state index contributed by atoms with van der Waals surface area (Å²) in [5.74, 6) is 3.84. The van der Waals surface area contributed by atoms with Crippen LogP contribution < -0.4 is 11.3 Å². The standard InChI is InChI=1S/C10H12ClFN2O2/c1-5(2)16-10(15)6-3-9(14-13)8(12)4-7(6)11/h3-5,14H,13H2,1-2H3. The van der Waals surface area contributed by atoms with Gasteiger partial charge in [-0.15, -0.1) is 0 Å². The number of ether oxygens (including phenoxy) is 1. The van der Waals surface area contributed by atoms with E-state index < -0.39 is 11.8 Å². The number of hydrogen-bond acceptors (Lipinski definition) is 4. The molecule has 0 fully saturated rings. The molecule has 0 saturated carbocycles. The highest BCUT2D eigenvalue weighted by atomic mass is 35.5. The van der Waals surface area contributed by atoms with Gasteiger partial charge < -0.3 is 10.2 Å². The van der Waals surface area contributed by atoms with E-state index in [1.807, 2.05) is 0 Å². The lowest BCUT2D eigenvalue weighted by molar-refractivity contribution is 0.0378. The fourth-order valence-corrected chi connectivity index (χ4v) is 1.32. The van der Waals surface area contributed by atoms with Crippen LogP contribution in [0.1, 0.15) is 24.2 Å². The third kappa shape index (κ3) is 2.84. The van der Waals surface area contributed by atoms with Crippen LogP contribution in [0.3, 0.4) is 0 Å². The number of halogens is 2. The highest BCUT2D eigenvalue weighted by Crippen LogP contribution is 2.24. The smallest absolute Gasteiger partial charge is 0.339 e. The summed E-state index contributed by atoms with van der Waals surface area (Å²) in [7, 11) is 0. The largest absolute Gasteiger partial charge is 0.459 e. The number of carbonyl (C=O) groups excluding carboxylic acids is 1. The number of benzene rings is 1. The first-order chi connectivity index (χ1) is 7.45. The molecular weight excluding hydrogens is 235 g/mol. The van der Waals surface area contributed by atoms with Gasteiger partial charge in [-0.25, -0.2) is 9.18 Å². The summed E-state index contributed by atoms with van der Waals surface area (Å²) < 4.78 is 18.1. The summed E-state index contributed by atoms with van der Waals surface area (Å²) in [4.78, 5) is 11.6. The minimum absolute atomic E-state index is 0.0119. The number of esters is 1. The van der Waals surface area contributed by atoms with E-state index >= 15 is 0 Å². The third-order valence-corrected chi connectivity index (χ3v) is 2.09. The van der Waals surface area contributed by atoms with Gasteiger partial charge in [0.1, 0.15) is 5.82 Å². The van der Waals surface area contributed by atoms with E-state index in [-0.39, 0.29) is 22.4 Å². The molecule has 0 bridgehead atoms. The summed E-state index contributed by atoms with van der Waals surface area (Å²) >= 11 is 5.73. The summed E-state index contributed by atoms with van der Waals surface area (Å²) in [6.45, 7) is 3.41. The monoisotopic (exact) mass is 246 g/mol. The van der Waals surface area contributed by atoms with Crippen LogP contribution in [-0.2, 0) is 4.74 Å². The molecule has 0 saturated heterocycles. The van der Waals surface area contributed by atoms with Crippen molar-refractivity contribution in [2.75, 3.05) is 5.43 Å². The van der Waals surface area contributed by atoms with Crippen molar-refractivity contribution in [1.82, 2.24) is 0 Å². The van der Waals surface area contributed by atoms with E-state index in [2.05, 4.69) is 5.43 Å². The highest BCUT2D eigenvalue weighted by Gasteiger charge is 2.16. The number of rotatable bonds is 3. The van der Waals surface area contributed by atoms with Gasteiger partial charge in [0, 0.05) is 0 Å². The summed E-state index contributed by atoms with van der Waals surface area (Å²) in [6.07, 6.45) is -0.275. The molecule has 0 heterocycles. The van der Waals surface area contributed by atoms with E-state index in [0.29, 0.717) is 0 Å². The summed E-state index contributed by atoms with van der Waals surface area (Å²) in [5, 5.41) is -0.0119. The molecule has 16 heavy (non-hydrogen) atoms. The lowest BCUT2D eigenvalue weighted by Gasteiger charge is -2.10. The first-order valence-electron chi connectivity index (χ1n) is 4.62. The van der Waals surface area contributed by atoms with Crippen molar-refractivity contribution in [2.24, 2.45) is 5.84 Å². The fourth-order valence-electron chi connectivity index (χ4n) is 1.09. The van der Waals surface area contributed by atoms with E-state index in [1.54, 1.807) is 13.8 Å². The van der Waals surface area contributed by atoms with Gasteiger partial charge in [-0.05, 0) is 26.0 Å². The molecule has 3 N–H and O–H groups in total. The van der Waals surface area contributed by atoms with Gasteiger partial charge in [0.15, 0.2) is 0 Å². The number of anilines is 1. The zero-order chi connectivity index (χ0) is 12.3. The number of carbonyl (C=O) groups is 1. The zero-order valence-corrected chi connectivity index (χ0v) is 9.64. The number of nitrogens with one attached hydrogen (secondary N) is 1. The van der Waals surface area contributed by atoms with Crippen molar-refractivity contribution in [3.63, 3.8) is 0 Å². The van der Waals surface area contributed by atoms with Crippen LogP contribution in [-0.4, -0.2) is 12.1 Å². The minimum Gasteiger partial charge on any atom is -0.459 e. The molecule has 6 heteroatoms. The van der Waals surface area contributed by atoms with Gasteiger partial charge in [-0.2, -0.15) is 0 Å². The Hall–Kier alpha value is -1.33. The Morgan fingerprint density at radius 3 is 2.69 bits per heavy atom. The van der Waals surface area contributed by atoms with Crippen molar-refractivity contribution in [3.8, 4) is 0 Å². The molecule has 0 radical (unpaired) electrons. The van der Waals surface area contributed by atoms with Gasteiger partial charge in [-0.3, -0.25) is 5.84 Å². The molecule has 1 aromatic rings. The Morgan fingerprint density at radius 2 is 2.19 bits per heavy atom. The normalized spacial score (nSPS) is 10.4. The van der Waals surface area contributed by atoms with Crippen molar-refractivity contribution < 1.29 is 13.9 Å². The van der Waals surface area contributed by atoms with E-state index in [0.717, 1.165) is 6.07 Å². The van der Waals surface area contributed by atoms with Crippen molar-refractivity contribution in [1.29, 1.82) is 0 Å². The number of nitrogen functional groups attached to an aromatic ring is 1. The Morgan fingerprint density at radius 1 is 1.56 bits per heavy atom. The lowest BCUT2D eigenvalue weighted by atomic mass is 10.2. The van der Waals surface area contributed by atoms with Crippen LogP contribution in [0.2, 0.25) is 5.02 Å². The highest BCUT2D eigenvalue weighted by molar-refractivity contribution is 6.33. The van der Waals surface area contributed by atoms with Crippen molar-refractivity contribution in [3.05, 3.63) is 28.5 Å². The van der Waals surface area contributed by atoms with E-state index in [4.69, 9.17) is 22.2 Å². The zero-order valence-electron chi connectivity index (χ0n) is 8.88. The molecule has 88 valence electrons. The average molecular weight is 247 g/mol. The predicted molar refractivity (Wildman–Crippen MR) is 59.8 cm³/mol. The predicted octanol–water partition coefficient (Wildman–Crippen LogP) is 2.33. The fraction of sp³-hybridized carbons (Fsp3) is 0.300. The van der Waals surface area contributed by atoms with E-state index in [9.17, 15) is 9.18 Å². The molecule has 4 nitrogen and oxygen atoms in total. The molecule has 0 atom stereocenters. The van der Waals surface area contributed by atoms with Crippen LogP contribution >= 0.6 is 11.6 Å². The second-order valence-electron chi connectivity index (χ2n) is 3.41. The first-order valence-corrected chi connectivity index (χ1v) is 5.00. The van der Waals surface area contributed by atoms with Gasteiger partial charge in [0.05, 0.1) is 22.4 Å². The molecular formula is C10H12ClFN2O2. The van der Waals surface area contributed by atoms with Crippen LogP contribution in [0.4, 0.5) is 10.1 Å². The van der Waals surface area contributed by atoms with Crippen LogP contribution in [0.25, 0.3) is 0 Å². The van der Waals surface area contributed by atoms with E-state index in [1.165, 1.54) is 6.07 Å². The molecule has 0 aliphatic heterocycles. The molecule has 0 amide bonds. The number of hydrogen-bond donors (Lipinski definition) is 2. The van der Waals surface area contributed by atoms with Gasteiger partial charge in [-0.1, -0.05) is 11.6 Å². The first kappa shape index (κ1) is 12.7. The Bertz CT molecular complexity index is 410. The van der Waals surface area contributed by atoms with Crippen molar-refractivity contribution >= 4 is 23.3 Å². The molecule has 1 aromatic carbocycles. The molecule has 0 aromatic heterocycles. The second-order valence-corrected chi connectivity index (χ2v) is 3.82. The molecule has 0 unspecified atom stereocenters. The van der Waals surface area contributed by atoms with Crippen molar-refractivity contribution in [2.45, 2.75) is 20.0 Å². The van der Waals surface area contributed by atoms with Gasteiger partial charge in [0.25, 0.3) is 0 Å². The second kappa shape index (κ2) is 5.14. The minimum atomic E-state index is -0.631. The van der Waals surface area contributed by atoms with Crippen LogP contribution in [0.5, 0.6) is 0 Å². The third-order valence-electron chi connectivity index (χ3n) is 1.77. The lowest BCUT2D eigenvalue weighted by Crippen LogP contribution is -2.14. The molecule has 1 rings (SSSR count). The van der Waals surface area contributed by atoms with Crippen LogP contribution in [0.15, 0.2) is 12.1 Å². The summed E-state index contributed by atoms with van der Waals surface area (Å²) in [5.41, 5.74) is 2.19. The Labute approximate surface area is 97.5 Å². The molecule has 0 aliphatic carbocycles. The quantitative estimate of drug-likeness (QED) is 0.488. The Kier molecular flexibility index (Phi) is 4.09. The van der Waals surface area contributed by atoms with Crippen LogP contribution in [0, 0.1) is 5.82 Å².